The summed E-state index contributed by atoms with van der Waals surface area (Å²) in [6.45, 7) is 5.27. The zero-order valence-corrected chi connectivity index (χ0v) is 16.7. The number of aromatic nitrogens is 2. The molecule has 1 N–H and O–H groups in total. The molecule has 150 valence electrons. The largest absolute Gasteiger partial charge is 0.349 e. The molecular formula is C21H27FN4O2. The second-order valence-electron chi connectivity index (χ2n) is 7.41. The minimum absolute atomic E-state index is 0.0319. The van der Waals surface area contributed by atoms with Crippen molar-refractivity contribution in [3.8, 4) is 0 Å². The van der Waals surface area contributed by atoms with Crippen LogP contribution >= 0.6 is 0 Å². The normalized spacial score (nSPS) is 14.9. The molecule has 0 atom stereocenters. The highest BCUT2D eigenvalue weighted by Crippen LogP contribution is 2.17. The van der Waals surface area contributed by atoms with Crippen LogP contribution in [-0.2, 0) is 18.3 Å². The van der Waals surface area contributed by atoms with Crippen molar-refractivity contribution in [2.24, 2.45) is 7.05 Å². The number of nitrogens with zero attached hydrogens (tertiary/aromatic N) is 3. The Bertz CT molecular complexity index is 852. The Morgan fingerprint density at radius 1 is 1.18 bits per heavy atom. The number of carbonyl (C=O) groups excluding carboxylic acids is 2. The van der Waals surface area contributed by atoms with Gasteiger partial charge < -0.3 is 10.2 Å². The molecule has 0 bridgehead atoms. The van der Waals surface area contributed by atoms with Crippen molar-refractivity contribution < 1.29 is 14.0 Å². The first-order chi connectivity index (χ1) is 13.3. The molecule has 0 unspecified atom stereocenters. The highest BCUT2D eigenvalue weighted by Gasteiger charge is 2.24. The molecule has 0 spiro atoms. The number of amides is 2. The summed E-state index contributed by atoms with van der Waals surface area (Å²) in [6, 6.07) is 5.55. The fraction of sp³-hybridized carbons (Fsp3) is 0.476. The quantitative estimate of drug-likeness (QED) is 0.859. The SMILES string of the molecule is Cc1nn(C)c(C)c1CCC(=O)N1CCC(NC(=O)c2ccc(F)cc2)CC1. The lowest BCUT2D eigenvalue weighted by Gasteiger charge is -2.32. The Morgan fingerprint density at radius 2 is 1.82 bits per heavy atom. The Hall–Kier alpha value is -2.70. The Labute approximate surface area is 164 Å². The number of carbonyl (C=O) groups is 2. The van der Waals surface area contributed by atoms with Gasteiger partial charge in [-0.3, -0.25) is 14.3 Å². The van der Waals surface area contributed by atoms with E-state index in [1.54, 1.807) is 0 Å². The van der Waals surface area contributed by atoms with E-state index >= 15 is 0 Å². The van der Waals surface area contributed by atoms with Crippen LogP contribution < -0.4 is 5.32 Å². The maximum atomic E-state index is 13.0. The molecule has 0 aliphatic carbocycles. The van der Waals surface area contributed by atoms with Crippen LogP contribution in [0.3, 0.4) is 0 Å². The average Bonchev–Trinajstić information content (AvgIpc) is 2.92. The first-order valence-corrected chi connectivity index (χ1v) is 9.68. The van der Waals surface area contributed by atoms with Crippen molar-refractivity contribution in [1.29, 1.82) is 0 Å². The van der Waals surface area contributed by atoms with Crippen molar-refractivity contribution in [2.75, 3.05) is 13.1 Å². The summed E-state index contributed by atoms with van der Waals surface area (Å²) in [7, 11) is 1.92. The van der Waals surface area contributed by atoms with E-state index in [1.807, 2.05) is 30.5 Å². The third kappa shape index (κ3) is 4.58. The molecule has 1 saturated heterocycles. The summed E-state index contributed by atoms with van der Waals surface area (Å²) in [5.74, 6) is -0.418. The Balaban J connectivity index is 1.46. The smallest absolute Gasteiger partial charge is 0.251 e. The number of piperidine rings is 1. The zero-order chi connectivity index (χ0) is 20.3. The maximum absolute atomic E-state index is 13.0. The van der Waals surface area contributed by atoms with Gasteiger partial charge in [0, 0.05) is 43.9 Å². The molecule has 1 aromatic heterocycles. The van der Waals surface area contributed by atoms with Gasteiger partial charge in [0.15, 0.2) is 0 Å². The van der Waals surface area contributed by atoms with Crippen LogP contribution in [0, 0.1) is 19.7 Å². The molecule has 7 heteroatoms. The van der Waals surface area contributed by atoms with Crippen molar-refractivity contribution in [2.45, 2.75) is 45.6 Å². The Morgan fingerprint density at radius 3 is 2.39 bits per heavy atom. The van der Waals surface area contributed by atoms with Crippen LogP contribution in [0.5, 0.6) is 0 Å². The predicted octanol–water partition coefficient (Wildman–Crippen LogP) is 2.53. The van der Waals surface area contributed by atoms with Gasteiger partial charge in [0.05, 0.1) is 5.69 Å². The second-order valence-corrected chi connectivity index (χ2v) is 7.41. The van der Waals surface area contributed by atoms with Crippen LogP contribution in [0.2, 0.25) is 0 Å². The second kappa shape index (κ2) is 8.54. The molecule has 1 fully saturated rings. The van der Waals surface area contributed by atoms with Gasteiger partial charge >= 0.3 is 0 Å². The molecule has 2 aromatic rings. The molecule has 1 aliphatic heterocycles. The summed E-state index contributed by atoms with van der Waals surface area (Å²) in [5, 5.41) is 7.38. The standard InChI is InChI=1S/C21H27FN4O2/c1-14-19(15(2)25(3)24-14)8-9-20(27)26-12-10-18(11-13-26)23-21(28)16-4-6-17(22)7-5-16/h4-7,18H,8-13H2,1-3H3,(H,23,28). The highest BCUT2D eigenvalue weighted by molar-refractivity contribution is 5.94. The molecule has 28 heavy (non-hydrogen) atoms. The molecule has 3 rings (SSSR count). The lowest BCUT2D eigenvalue weighted by molar-refractivity contribution is -0.132. The summed E-state index contributed by atoms with van der Waals surface area (Å²) >= 11 is 0. The van der Waals surface area contributed by atoms with Gasteiger partial charge in [-0.25, -0.2) is 4.39 Å². The number of hydrogen-bond donors (Lipinski definition) is 1. The number of aryl methyl sites for hydroxylation is 2. The van der Waals surface area contributed by atoms with Crippen LogP contribution in [0.15, 0.2) is 24.3 Å². The lowest BCUT2D eigenvalue weighted by Crippen LogP contribution is -2.46. The number of likely N-dealkylation sites (tertiary alicyclic amines) is 1. The summed E-state index contributed by atoms with van der Waals surface area (Å²) < 4.78 is 14.8. The van der Waals surface area contributed by atoms with Crippen molar-refractivity contribution in [1.82, 2.24) is 20.0 Å². The van der Waals surface area contributed by atoms with Crippen molar-refractivity contribution in [3.63, 3.8) is 0 Å². The minimum atomic E-state index is -0.361. The first kappa shape index (κ1) is 20.0. The topological polar surface area (TPSA) is 67.2 Å². The molecular weight excluding hydrogens is 359 g/mol. The average molecular weight is 386 g/mol. The molecule has 1 aliphatic rings. The van der Waals surface area contributed by atoms with E-state index in [0.717, 1.165) is 29.8 Å². The fourth-order valence-electron chi connectivity index (χ4n) is 3.71. The van der Waals surface area contributed by atoms with E-state index in [4.69, 9.17) is 0 Å². The van der Waals surface area contributed by atoms with Crippen LogP contribution in [0.1, 0.15) is 46.6 Å². The van der Waals surface area contributed by atoms with Gasteiger partial charge in [-0.2, -0.15) is 5.10 Å². The molecule has 2 amide bonds. The summed E-state index contributed by atoms with van der Waals surface area (Å²) in [6.07, 6.45) is 2.62. The fourth-order valence-corrected chi connectivity index (χ4v) is 3.71. The van der Waals surface area contributed by atoms with Gasteiger partial charge in [0.2, 0.25) is 5.91 Å². The molecule has 0 radical (unpaired) electrons. The third-order valence-corrected chi connectivity index (χ3v) is 5.54. The lowest BCUT2D eigenvalue weighted by atomic mass is 10.0. The van der Waals surface area contributed by atoms with E-state index in [-0.39, 0.29) is 23.7 Å². The molecule has 1 aromatic carbocycles. The summed E-state index contributed by atoms with van der Waals surface area (Å²) in [5.41, 5.74) is 3.68. The molecule has 0 saturated carbocycles. The minimum Gasteiger partial charge on any atom is -0.349 e. The van der Waals surface area contributed by atoms with Crippen LogP contribution in [0.25, 0.3) is 0 Å². The van der Waals surface area contributed by atoms with Gasteiger partial charge in [-0.1, -0.05) is 0 Å². The van der Waals surface area contributed by atoms with Crippen LogP contribution in [0.4, 0.5) is 4.39 Å². The van der Waals surface area contributed by atoms with Crippen molar-refractivity contribution in [3.05, 3.63) is 52.6 Å². The van der Waals surface area contributed by atoms with E-state index in [0.29, 0.717) is 31.5 Å². The number of rotatable bonds is 5. The first-order valence-electron chi connectivity index (χ1n) is 9.68. The summed E-state index contributed by atoms with van der Waals surface area (Å²) in [4.78, 5) is 26.7. The predicted molar refractivity (Wildman–Crippen MR) is 104 cm³/mol. The van der Waals surface area contributed by atoms with Gasteiger partial charge in [0.25, 0.3) is 5.91 Å². The zero-order valence-electron chi connectivity index (χ0n) is 16.7. The van der Waals surface area contributed by atoms with E-state index in [1.165, 1.54) is 24.3 Å². The van der Waals surface area contributed by atoms with E-state index in [9.17, 15) is 14.0 Å². The van der Waals surface area contributed by atoms with Crippen molar-refractivity contribution >= 4 is 11.8 Å². The van der Waals surface area contributed by atoms with Gasteiger partial charge in [-0.05, 0) is 62.9 Å². The monoisotopic (exact) mass is 386 g/mol. The van der Waals surface area contributed by atoms with Crippen LogP contribution in [-0.4, -0.2) is 45.6 Å². The molecule has 2 heterocycles. The maximum Gasteiger partial charge on any atom is 0.251 e. The van der Waals surface area contributed by atoms with E-state index in [2.05, 4.69) is 10.4 Å². The van der Waals surface area contributed by atoms with Gasteiger partial charge in [0.1, 0.15) is 5.82 Å². The third-order valence-electron chi connectivity index (χ3n) is 5.54. The number of benzene rings is 1. The number of halogens is 1. The number of nitrogens with one attached hydrogen (secondary N) is 1. The Kier molecular flexibility index (Phi) is 6.11. The highest BCUT2D eigenvalue weighted by atomic mass is 19.1. The molecule has 6 nitrogen and oxygen atoms in total. The van der Waals surface area contributed by atoms with Gasteiger partial charge in [-0.15, -0.1) is 0 Å². The van der Waals surface area contributed by atoms with E-state index < -0.39 is 0 Å². The number of hydrogen-bond acceptors (Lipinski definition) is 3.